The Kier molecular flexibility index (Phi) is 4.08. The first-order valence-electron chi connectivity index (χ1n) is 5.98. The summed E-state index contributed by atoms with van der Waals surface area (Å²) in [6.45, 7) is 0. The molecule has 0 saturated carbocycles. The number of hydrogen-bond donors (Lipinski definition) is 3. The van der Waals surface area contributed by atoms with Crippen LogP contribution in [0.2, 0.25) is 0 Å². The van der Waals surface area contributed by atoms with Crippen molar-refractivity contribution in [3.05, 3.63) is 47.5 Å². The normalized spacial score (nSPS) is 10.7. The summed E-state index contributed by atoms with van der Waals surface area (Å²) in [5, 5.41) is 28.0. The molecule has 2 aromatic rings. The second kappa shape index (κ2) is 5.96. The maximum absolute atomic E-state index is 11.3. The molecule has 6 heteroatoms. The molecule has 0 radical (unpaired) electrons. The number of phenols is 3. The standard InChI is InChI=1S/C15H13NO5/c1-21-15(20)10-4-2-9(3-5-10)8-16-11-6-12(17)14(19)13(18)7-11/h2-8,17-19H,1H3/b16-8+. The van der Waals surface area contributed by atoms with Gasteiger partial charge in [0.05, 0.1) is 18.4 Å². The van der Waals surface area contributed by atoms with Gasteiger partial charge in [-0.25, -0.2) is 4.79 Å². The molecule has 0 unspecified atom stereocenters. The molecule has 21 heavy (non-hydrogen) atoms. The zero-order chi connectivity index (χ0) is 15.4. The maximum Gasteiger partial charge on any atom is 0.337 e. The summed E-state index contributed by atoms with van der Waals surface area (Å²) < 4.78 is 4.59. The SMILES string of the molecule is COC(=O)c1ccc(/C=N/c2cc(O)c(O)c(O)c2)cc1. The molecular weight excluding hydrogens is 274 g/mol. The van der Waals surface area contributed by atoms with Crippen molar-refractivity contribution in [3.63, 3.8) is 0 Å². The molecule has 2 aromatic carbocycles. The summed E-state index contributed by atoms with van der Waals surface area (Å²) in [7, 11) is 1.31. The van der Waals surface area contributed by atoms with Crippen molar-refractivity contribution in [2.75, 3.05) is 7.11 Å². The number of nitrogens with zero attached hydrogens (tertiary/aromatic N) is 1. The van der Waals surface area contributed by atoms with Crippen molar-refractivity contribution in [1.82, 2.24) is 0 Å². The van der Waals surface area contributed by atoms with Crippen LogP contribution in [-0.4, -0.2) is 34.6 Å². The third kappa shape index (κ3) is 3.30. The van der Waals surface area contributed by atoms with Crippen LogP contribution in [0.1, 0.15) is 15.9 Å². The predicted octanol–water partition coefficient (Wildman–Crippen LogP) is 2.34. The van der Waals surface area contributed by atoms with Crippen LogP contribution in [0.5, 0.6) is 17.2 Å². The molecule has 108 valence electrons. The lowest BCUT2D eigenvalue weighted by Crippen LogP contribution is -2.00. The van der Waals surface area contributed by atoms with E-state index in [1.807, 2.05) is 0 Å². The first kappa shape index (κ1) is 14.4. The Hall–Kier alpha value is -3.02. The number of methoxy groups -OCH3 is 1. The van der Waals surface area contributed by atoms with E-state index in [2.05, 4.69) is 9.73 Å². The van der Waals surface area contributed by atoms with Gasteiger partial charge in [-0.1, -0.05) is 12.1 Å². The van der Waals surface area contributed by atoms with E-state index < -0.39 is 23.2 Å². The van der Waals surface area contributed by atoms with E-state index in [1.54, 1.807) is 24.3 Å². The first-order chi connectivity index (χ1) is 10.0. The first-order valence-corrected chi connectivity index (χ1v) is 5.98. The van der Waals surface area contributed by atoms with E-state index in [9.17, 15) is 20.1 Å². The summed E-state index contributed by atoms with van der Waals surface area (Å²) in [6, 6.07) is 8.98. The lowest BCUT2D eigenvalue weighted by Gasteiger charge is -2.02. The van der Waals surface area contributed by atoms with Crippen molar-refractivity contribution in [2.45, 2.75) is 0 Å². The van der Waals surface area contributed by atoms with Crippen molar-refractivity contribution in [3.8, 4) is 17.2 Å². The van der Waals surface area contributed by atoms with E-state index in [-0.39, 0.29) is 5.69 Å². The van der Waals surface area contributed by atoms with Crippen molar-refractivity contribution in [2.24, 2.45) is 4.99 Å². The molecule has 0 aliphatic carbocycles. The van der Waals surface area contributed by atoms with Crippen molar-refractivity contribution in [1.29, 1.82) is 0 Å². The fourth-order valence-electron chi connectivity index (χ4n) is 1.64. The molecule has 0 aliphatic rings. The molecule has 0 amide bonds. The number of ether oxygens (including phenoxy) is 1. The van der Waals surface area contributed by atoms with Gasteiger partial charge in [0.2, 0.25) is 0 Å². The van der Waals surface area contributed by atoms with E-state index in [0.29, 0.717) is 5.56 Å². The van der Waals surface area contributed by atoms with E-state index in [1.165, 1.54) is 25.5 Å². The second-order valence-corrected chi connectivity index (χ2v) is 4.20. The smallest absolute Gasteiger partial charge is 0.337 e. The lowest BCUT2D eigenvalue weighted by molar-refractivity contribution is 0.0600. The van der Waals surface area contributed by atoms with Crippen LogP contribution in [0, 0.1) is 0 Å². The number of aromatic hydroxyl groups is 3. The molecule has 6 nitrogen and oxygen atoms in total. The fraction of sp³-hybridized carbons (Fsp3) is 0.0667. The van der Waals surface area contributed by atoms with E-state index in [0.717, 1.165) is 5.56 Å². The van der Waals surface area contributed by atoms with Crippen LogP contribution in [0.4, 0.5) is 5.69 Å². The maximum atomic E-state index is 11.3. The molecule has 0 aliphatic heterocycles. The minimum absolute atomic E-state index is 0.278. The van der Waals surface area contributed by atoms with Gasteiger partial charge in [0.15, 0.2) is 17.2 Å². The zero-order valence-corrected chi connectivity index (χ0v) is 11.1. The average Bonchev–Trinajstić information content (AvgIpc) is 2.50. The molecule has 3 N–H and O–H groups in total. The van der Waals surface area contributed by atoms with Gasteiger partial charge in [0.1, 0.15) is 0 Å². The Balaban J connectivity index is 2.20. The van der Waals surface area contributed by atoms with Gasteiger partial charge in [-0.3, -0.25) is 4.99 Å². The molecule has 0 atom stereocenters. The molecule has 0 spiro atoms. The minimum atomic E-state index is -0.587. The Morgan fingerprint density at radius 2 is 1.67 bits per heavy atom. The van der Waals surface area contributed by atoms with Gasteiger partial charge in [-0.05, 0) is 17.7 Å². The van der Waals surface area contributed by atoms with Gasteiger partial charge < -0.3 is 20.1 Å². The highest BCUT2D eigenvalue weighted by Gasteiger charge is 2.07. The Bertz CT molecular complexity index is 669. The number of aliphatic imine (C=N–C) groups is 1. The molecule has 0 aromatic heterocycles. The summed E-state index contributed by atoms with van der Waals surface area (Å²) in [5.41, 5.74) is 1.42. The van der Waals surface area contributed by atoms with Gasteiger partial charge in [-0.15, -0.1) is 0 Å². The van der Waals surface area contributed by atoms with Gasteiger partial charge in [-0.2, -0.15) is 0 Å². The topological polar surface area (TPSA) is 99.4 Å². The Labute approximate surface area is 120 Å². The second-order valence-electron chi connectivity index (χ2n) is 4.20. The number of carbonyl (C=O) groups excluding carboxylic acids is 1. The third-order valence-corrected chi connectivity index (χ3v) is 2.75. The third-order valence-electron chi connectivity index (χ3n) is 2.75. The van der Waals surface area contributed by atoms with Crippen LogP contribution in [0.15, 0.2) is 41.4 Å². The van der Waals surface area contributed by atoms with Crippen LogP contribution < -0.4 is 0 Å². The van der Waals surface area contributed by atoms with Gasteiger partial charge in [0, 0.05) is 18.3 Å². The zero-order valence-electron chi connectivity index (χ0n) is 11.1. The number of phenolic OH excluding ortho intramolecular Hbond substituents is 3. The number of hydrogen-bond acceptors (Lipinski definition) is 6. The Morgan fingerprint density at radius 1 is 1.10 bits per heavy atom. The molecule has 2 rings (SSSR count). The number of benzene rings is 2. The van der Waals surface area contributed by atoms with E-state index >= 15 is 0 Å². The van der Waals surface area contributed by atoms with Crippen molar-refractivity contribution < 1.29 is 24.9 Å². The number of rotatable bonds is 3. The van der Waals surface area contributed by atoms with Crippen LogP contribution in [0.3, 0.4) is 0 Å². The largest absolute Gasteiger partial charge is 0.504 e. The van der Waals surface area contributed by atoms with Crippen molar-refractivity contribution >= 4 is 17.9 Å². The highest BCUT2D eigenvalue weighted by atomic mass is 16.5. The Morgan fingerprint density at radius 3 is 2.19 bits per heavy atom. The highest BCUT2D eigenvalue weighted by Crippen LogP contribution is 2.38. The fourth-order valence-corrected chi connectivity index (χ4v) is 1.64. The van der Waals surface area contributed by atoms with Gasteiger partial charge >= 0.3 is 5.97 Å². The molecule has 0 fully saturated rings. The highest BCUT2D eigenvalue weighted by molar-refractivity contribution is 5.91. The van der Waals surface area contributed by atoms with Crippen LogP contribution in [-0.2, 0) is 4.74 Å². The number of carbonyl (C=O) groups is 1. The predicted molar refractivity (Wildman–Crippen MR) is 76.5 cm³/mol. The van der Waals surface area contributed by atoms with Crippen LogP contribution in [0.25, 0.3) is 0 Å². The average molecular weight is 287 g/mol. The molecule has 0 heterocycles. The quantitative estimate of drug-likeness (QED) is 0.457. The molecule has 0 saturated heterocycles. The monoisotopic (exact) mass is 287 g/mol. The summed E-state index contributed by atoms with van der Waals surface area (Å²) in [5.74, 6) is -1.92. The summed E-state index contributed by atoms with van der Waals surface area (Å²) in [4.78, 5) is 15.3. The lowest BCUT2D eigenvalue weighted by atomic mass is 10.1. The molecule has 0 bridgehead atoms. The minimum Gasteiger partial charge on any atom is -0.504 e. The number of esters is 1. The molecular formula is C15H13NO5. The van der Waals surface area contributed by atoms with Crippen LogP contribution >= 0.6 is 0 Å². The summed E-state index contributed by atoms with van der Waals surface area (Å²) >= 11 is 0. The van der Waals surface area contributed by atoms with E-state index in [4.69, 9.17) is 0 Å². The summed E-state index contributed by atoms with van der Waals surface area (Å²) in [6.07, 6.45) is 1.49. The van der Waals surface area contributed by atoms with Gasteiger partial charge in [0.25, 0.3) is 0 Å².